The lowest BCUT2D eigenvalue weighted by Gasteiger charge is -2.01. The molecule has 0 aliphatic rings. The largest absolute Gasteiger partial charge is 0.464 e. The second-order valence-corrected chi connectivity index (χ2v) is 2.97. The highest BCUT2D eigenvalue weighted by atomic mass is 16.5. The van der Waals surface area contributed by atoms with E-state index in [-0.39, 0.29) is 11.5 Å². The van der Waals surface area contributed by atoms with Gasteiger partial charge in [-0.2, -0.15) is 4.98 Å². The summed E-state index contributed by atoms with van der Waals surface area (Å²) in [6.45, 7) is 1.73. The lowest BCUT2D eigenvalue weighted by Crippen LogP contribution is -2.16. The van der Waals surface area contributed by atoms with Gasteiger partial charge >= 0.3 is 11.8 Å². The minimum atomic E-state index is -0.603. The molecule has 2 rings (SSSR count). The topological polar surface area (TPSA) is 73.8 Å². The smallest absolute Gasteiger partial charge is 0.355 e. The molecule has 0 aliphatic carbocycles. The third kappa shape index (κ3) is 1.39. The van der Waals surface area contributed by atoms with Crippen LogP contribution >= 0.6 is 0 Å². The van der Waals surface area contributed by atoms with Crippen molar-refractivity contribution >= 4 is 11.8 Å². The van der Waals surface area contributed by atoms with Crippen LogP contribution in [0.15, 0.2) is 21.5 Å². The Morgan fingerprint density at radius 3 is 3.00 bits per heavy atom. The average molecular weight is 208 g/mol. The van der Waals surface area contributed by atoms with E-state index in [2.05, 4.69) is 9.72 Å². The Kier molecular flexibility index (Phi) is 2.03. The fraction of sp³-hybridized carbons (Fsp3) is 0.222. The first-order valence-corrected chi connectivity index (χ1v) is 4.19. The molecular formula is C9H8N2O4. The monoisotopic (exact) mass is 208 g/mol. The second kappa shape index (κ2) is 3.23. The Labute approximate surface area is 84.1 Å². The number of esters is 1. The molecule has 2 aromatic rings. The quantitative estimate of drug-likeness (QED) is 0.633. The maximum absolute atomic E-state index is 11.4. The van der Waals surface area contributed by atoms with Crippen molar-refractivity contribution in [1.29, 1.82) is 0 Å². The third-order valence-corrected chi connectivity index (χ3v) is 1.98. The summed E-state index contributed by atoms with van der Waals surface area (Å²) < 4.78 is 11.0. The first-order chi connectivity index (χ1) is 7.13. The summed E-state index contributed by atoms with van der Waals surface area (Å²) in [7, 11) is 1.25. The fourth-order valence-electron chi connectivity index (χ4n) is 1.33. The molecule has 2 aromatic heterocycles. The number of nitrogens with zero attached hydrogens (tertiary/aromatic N) is 2. The molecule has 0 saturated carbocycles. The van der Waals surface area contributed by atoms with Gasteiger partial charge in [0.2, 0.25) is 0 Å². The first-order valence-electron chi connectivity index (χ1n) is 4.19. The zero-order valence-electron chi connectivity index (χ0n) is 8.18. The average Bonchev–Trinajstić information content (AvgIpc) is 2.58. The molecule has 2 heterocycles. The number of rotatable bonds is 1. The summed E-state index contributed by atoms with van der Waals surface area (Å²) in [5.74, 6) is -0.519. The number of ether oxygens (including phenoxy) is 1. The van der Waals surface area contributed by atoms with Gasteiger partial charge in [-0.05, 0) is 6.92 Å². The zero-order valence-corrected chi connectivity index (χ0v) is 8.18. The van der Waals surface area contributed by atoms with Crippen molar-refractivity contribution in [2.75, 3.05) is 7.11 Å². The van der Waals surface area contributed by atoms with Gasteiger partial charge < -0.3 is 9.15 Å². The highest BCUT2D eigenvalue weighted by Crippen LogP contribution is 2.09. The van der Waals surface area contributed by atoms with Crippen molar-refractivity contribution < 1.29 is 13.9 Å². The number of aryl methyl sites for hydroxylation is 1. The number of carbonyl (C=O) groups excluding carboxylic acids is 1. The third-order valence-electron chi connectivity index (χ3n) is 1.98. The summed E-state index contributed by atoms with van der Waals surface area (Å²) in [4.78, 5) is 26.1. The van der Waals surface area contributed by atoms with Gasteiger partial charge in [0.25, 0.3) is 5.56 Å². The molecule has 0 N–H and O–H groups in total. The summed E-state index contributed by atoms with van der Waals surface area (Å²) in [6.07, 6.45) is 1.41. The molecule has 0 unspecified atom stereocenters. The Morgan fingerprint density at radius 2 is 2.33 bits per heavy atom. The Hall–Kier alpha value is -2.11. The number of fused-ring (bicyclic) bond motifs is 1. The number of oxazole rings is 1. The number of hydrogen-bond donors (Lipinski definition) is 0. The van der Waals surface area contributed by atoms with Crippen molar-refractivity contribution in [2.45, 2.75) is 6.92 Å². The van der Waals surface area contributed by atoms with Crippen LogP contribution in [0, 0.1) is 6.92 Å². The molecule has 0 aliphatic heterocycles. The summed E-state index contributed by atoms with van der Waals surface area (Å²) in [5.41, 5.74) is 0.237. The van der Waals surface area contributed by atoms with E-state index < -0.39 is 11.5 Å². The van der Waals surface area contributed by atoms with Crippen LogP contribution in [-0.2, 0) is 4.74 Å². The normalized spacial score (nSPS) is 10.5. The highest BCUT2D eigenvalue weighted by Gasteiger charge is 2.15. The number of aromatic nitrogens is 2. The standard InChI is InChI=1S/C9H8N2O4/c1-5-4-15-9-10-7(12)3-6(11(5)9)8(13)14-2/h3-4H,1-2H3. The lowest BCUT2D eigenvalue weighted by atomic mass is 10.4. The van der Waals surface area contributed by atoms with Crippen LogP contribution in [0.5, 0.6) is 0 Å². The van der Waals surface area contributed by atoms with Crippen LogP contribution in [0.3, 0.4) is 0 Å². The van der Waals surface area contributed by atoms with Crippen LogP contribution < -0.4 is 5.56 Å². The van der Waals surface area contributed by atoms with Crippen molar-refractivity contribution in [1.82, 2.24) is 9.38 Å². The zero-order chi connectivity index (χ0) is 11.0. The van der Waals surface area contributed by atoms with Crippen LogP contribution in [-0.4, -0.2) is 22.5 Å². The molecule has 0 bridgehead atoms. The summed E-state index contributed by atoms with van der Waals surface area (Å²) in [5, 5.41) is 0. The molecule has 0 amide bonds. The van der Waals surface area contributed by atoms with E-state index in [4.69, 9.17) is 4.42 Å². The minimum Gasteiger partial charge on any atom is -0.464 e. The predicted octanol–water partition coefficient (Wildman–Crippen LogP) is 0.383. The van der Waals surface area contributed by atoms with E-state index in [0.717, 1.165) is 6.07 Å². The maximum Gasteiger partial charge on any atom is 0.355 e. The van der Waals surface area contributed by atoms with Crippen molar-refractivity contribution in [2.24, 2.45) is 0 Å². The van der Waals surface area contributed by atoms with E-state index in [0.29, 0.717) is 5.69 Å². The van der Waals surface area contributed by atoms with Gasteiger partial charge in [0, 0.05) is 6.07 Å². The molecule has 6 nitrogen and oxygen atoms in total. The van der Waals surface area contributed by atoms with Crippen LogP contribution in [0.4, 0.5) is 0 Å². The fourth-order valence-corrected chi connectivity index (χ4v) is 1.33. The van der Waals surface area contributed by atoms with Gasteiger partial charge in [-0.1, -0.05) is 0 Å². The number of hydrogen-bond acceptors (Lipinski definition) is 5. The van der Waals surface area contributed by atoms with Crippen LogP contribution in [0.25, 0.3) is 5.84 Å². The van der Waals surface area contributed by atoms with Crippen LogP contribution in [0.1, 0.15) is 16.2 Å². The molecule has 0 spiro atoms. The van der Waals surface area contributed by atoms with E-state index in [1.54, 1.807) is 6.92 Å². The first kappa shape index (κ1) is 9.45. The second-order valence-electron chi connectivity index (χ2n) is 2.97. The van der Waals surface area contributed by atoms with Gasteiger partial charge in [-0.3, -0.25) is 9.20 Å². The predicted molar refractivity (Wildman–Crippen MR) is 49.8 cm³/mol. The molecule has 0 radical (unpaired) electrons. The van der Waals surface area contributed by atoms with Crippen molar-refractivity contribution in [3.63, 3.8) is 0 Å². The van der Waals surface area contributed by atoms with Gasteiger partial charge in [-0.25, -0.2) is 4.79 Å². The van der Waals surface area contributed by atoms with E-state index in [1.807, 2.05) is 0 Å². The summed E-state index contributed by atoms with van der Waals surface area (Å²) >= 11 is 0. The number of carbonyl (C=O) groups is 1. The molecule has 78 valence electrons. The Balaban J connectivity index is 2.86. The molecule has 0 aromatic carbocycles. The lowest BCUT2D eigenvalue weighted by molar-refractivity contribution is 0.0591. The van der Waals surface area contributed by atoms with E-state index in [1.165, 1.54) is 17.8 Å². The van der Waals surface area contributed by atoms with Crippen LogP contribution in [0.2, 0.25) is 0 Å². The van der Waals surface area contributed by atoms with Crippen molar-refractivity contribution in [3.05, 3.63) is 34.1 Å². The van der Waals surface area contributed by atoms with Gasteiger partial charge in [0.05, 0.1) is 12.8 Å². The number of methoxy groups -OCH3 is 1. The van der Waals surface area contributed by atoms with Crippen molar-refractivity contribution in [3.8, 4) is 0 Å². The maximum atomic E-state index is 11.4. The molecule has 15 heavy (non-hydrogen) atoms. The van der Waals surface area contributed by atoms with E-state index in [9.17, 15) is 9.59 Å². The van der Waals surface area contributed by atoms with Gasteiger partial charge in [0.15, 0.2) is 0 Å². The Bertz CT molecular complexity index is 581. The molecule has 6 heteroatoms. The molecule has 0 saturated heterocycles. The Morgan fingerprint density at radius 1 is 1.60 bits per heavy atom. The van der Waals surface area contributed by atoms with Gasteiger partial charge in [0.1, 0.15) is 12.0 Å². The van der Waals surface area contributed by atoms with Gasteiger partial charge in [-0.15, -0.1) is 0 Å². The SMILES string of the molecule is COC(=O)c1cc(=O)nc2occ(C)n12. The molecular weight excluding hydrogens is 200 g/mol. The summed E-state index contributed by atoms with van der Waals surface area (Å²) in [6, 6.07) is 1.11. The van der Waals surface area contributed by atoms with E-state index >= 15 is 0 Å². The minimum absolute atomic E-state index is 0.0837. The molecule has 0 atom stereocenters. The highest BCUT2D eigenvalue weighted by molar-refractivity contribution is 5.87. The molecule has 0 fully saturated rings.